The Hall–Kier alpha value is -1.14. The first-order chi connectivity index (χ1) is 8.69. The Morgan fingerprint density at radius 1 is 1.11 bits per heavy atom. The van der Waals surface area contributed by atoms with E-state index in [0.29, 0.717) is 26.1 Å². The van der Waals surface area contributed by atoms with Crippen molar-refractivity contribution in [2.45, 2.75) is 38.9 Å². The summed E-state index contributed by atoms with van der Waals surface area (Å²) in [6.45, 7) is 4.90. The maximum absolute atomic E-state index is 11.7. The maximum atomic E-state index is 11.7. The molecule has 0 aromatic rings. The molecular formula is C12H20O6. The van der Waals surface area contributed by atoms with Crippen molar-refractivity contribution in [3.8, 4) is 0 Å². The molecule has 0 saturated carbocycles. The van der Waals surface area contributed by atoms with Crippen LogP contribution in [0.25, 0.3) is 0 Å². The third-order valence-electron chi connectivity index (χ3n) is 2.50. The van der Waals surface area contributed by atoms with Gasteiger partial charge in [-0.15, -0.1) is 0 Å². The minimum atomic E-state index is -1.28. The van der Waals surface area contributed by atoms with Crippen LogP contribution in [-0.4, -0.2) is 50.6 Å². The van der Waals surface area contributed by atoms with E-state index in [0.717, 1.165) is 0 Å². The molecule has 0 unspecified atom stereocenters. The van der Waals surface area contributed by atoms with Crippen LogP contribution in [0.2, 0.25) is 0 Å². The number of rotatable bonds is 6. The second-order valence-electron chi connectivity index (χ2n) is 3.83. The highest BCUT2D eigenvalue weighted by atomic mass is 16.6. The van der Waals surface area contributed by atoms with Crippen molar-refractivity contribution in [1.29, 1.82) is 0 Å². The third kappa shape index (κ3) is 4.62. The van der Waals surface area contributed by atoms with Gasteiger partial charge in [0.2, 0.25) is 0 Å². The SMILES string of the molecule is CCOC(=O)C(OC1CCOCC1)C(=O)OCC. The lowest BCUT2D eigenvalue weighted by molar-refractivity contribution is -0.180. The zero-order valence-electron chi connectivity index (χ0n) is 10.8. The van der Waals surface area contributed by atoms with E-state index in [1.54, 1.807) is 13.8 Å². The van der Waals surface area contributed by atoms with Crippen LogP contribution in [0, 0.1) is 0 Å². The van der Waals surface area contributed by atoms with Crippen molar-refractivity contribution in [3.63, 3.8) is 0 Å². The van der Waals surface area contributed by atoms with Crippen LogP contribution < -0.4 is 0 Å². The van der Waals surface area contributed by atoms with E-state index in [1.165, 1.54) is 0 Å². The second kappa shape index (κ2) is 8.05. The first-order valence-electron chi connectivity index (χ1n) is 6.25. The molecule has 1 heterocycles. The molecule has 6 nitrogen and oxygen atoms in total. The van der Waals surface area contributed by atoms with Crippen LogP contribution in [0.15, 0.2) is 0 Å². The molecule has 1 aliphatic heterocycles. The Morgan fingerprint density at radius 3 is 2.06 bits per heavy atom. The molecule has 1 rings (SSSR count). The van der Waals surface area contributed by atoms with Gasteiger partial charge in [-0.25, -0.2) is 9.59 Å². The monoisotopic (exact) mass is 260 g/mol. The molecule has 0 N–H and O–H groups in total. The molecular weight excluding hydrogens is 240 g/mol. The predicted octanol–water partition coefficient (Wildman–Crippen LogP) is 0.677. The van der Waals surface area contributed by atoms with Gasteiger partial charge in [0.1, 0.15) is 0 Å². The molecule has 6 heteroatoms. The van der Waals surface area contributed by atoms with Gasteiger partial charge in [0, 0.05) is 13.2 Å². The minimum absolute atomic E-state index is 0.169. The molecule has 1 saturated heterocycles. The van der Waals surface area contributed by atoms with Crippen LogP contribution in [0.5, 0.6) is 0 Å². The lowest BCUT2D eigenvalue weighted by Gasteiger charge is -2.25. The predicted molar refractivity (Wildman–Crippen MR) is 62.0 cm³/mol. The molecule has 0 aromatic heterocycles. The molecule has 0 spiro atoms. The summed E-state index contributed by atoms with van der Waals surface area (Å²) in [6, 6.07) is 0. The Balaban J connectivity index is 2.57. The fraction of sp³-hybridized carbons (Fsp3) is 0.833. The van der Waals surface area contributed by atoms with E-state index in [9.17, 15) is 9.59 Å². The fourth-order valence-corrected chi connectivity index (χ4v) is 1.65. The molecule has 104 valence electrons. The van der Waals surface area contributed by atoms with Crippen LogP contribution in [0.1, 0.15) is 26.7 Å². The van der Waals surface area contributed by atoms with Crippen molar-refractivity contribution in [2.75, 3.05) is 26.4 Å². The largest absolute Gasteiger partial charge is 0.464 e. The van der Waals surface area contributed by atoms with Crippen molar-refractivity contribution in [1.82, 2.24) is 0 Å². The molecule has 1 aliphatic rings. The summed E-state index contributed by atoms with van der Waals surface area (Å²) >= 11 is 0. The lowest BCUT2D eigenvalue weighted by Crippen LogP contribution is -2.40. The molecule has 1 fully saturated rings. The molecule has 0 atom stereocenters. The van der Waals surface area contributed by atoms with Gasteiger partial charge in [0.25, 0.3) is 6.10 Å². The number of esters is 2. The summed E-state index contributed by atoms with van der Waals surface area (Å²) < 4.78 is 20.3. The lowest BCUT2D eigenvalue weighted by atomic mass is 10.1. The highest BCUT2D eigenvalue weighted by molar-refractivity contribution is 5.98. The number of carbonyl (C=O) groups excluding carboxylic acids is 2. The normalized spacial score (nSPS) is 16.6. The minimum Gasteiger partial charge on any atom is -0.464 e. The van der Waals surface area contributed by atoms with E-state index in [1.807, 2.05) is 0 Å². The highest BCUT2D eigenvalue weighted by Crippen LogP contribution is 2.14. The van der Waals surface area contributed by atoms with Gasteiger partial charge in [-0.1, -0.05) is 0 Å². The zero-order chi connectivity index (χ0) is 13.4. The molecule has 0 aliphatic carbocycles. The van der Waals surface area contributed by atoms with Gasteiger partial charge in [-0.2, -0.15) is 0 Å². The van der Waals surface area contributed by atoms with Gasteiger partial charge >= 0.3 is 11.9 Å². The van der Waals surface area contributed by atoms with E-state index >= 15 is 0 Å². The number of hydrogen-bond donors (Lipinski definition) is 0. The Morgan fingerprint density at radius 2 is 1.61 bits per heavy atom. The summed E-state index contributed by atoms with van der Waals surface area (Å²) in [5, 5.41) is 0. The summed E-state index contributed by atoms with van der Waals surface area (Å²) in [5.74, 6) is -1.38. The third-order valence-corrected chi connectivity index (χ3v) is 2.50. The highest BCUT2D eigenvalue weighted by Gasteiger charge is 2.33. The number of ether oxygens (including phenoxy) is 4. The molecule has 0 aromatic carbocycles. The Labute approximate surface area is 107 Å². The zero-order valence-corrected chi connectivity index (χ0v) is 10.8. The maximum Gasteiger partial charge on any atom is 0.347 e. The average molecular weight is 260 g/mol. The molecule has 0 radical (unpaired) electrons. The van der Waals surface area contributed by atoms with Gasteiger partial charge in [0.15, 0.2) is 0 Å². The smallest absolute Gasteiger partial charge is 0.347 e. The van der Waals surface area contributed by atoms with Crippen molar-refractivity contribution in [2.24, 2.45) is 0 Å². The van der Waals surface area contributed by atoms with E-state index in [-0.39, 0.29) is 19.3 Å². The first kappa shape index (κ1) is 14.9. The van der Waals surface area contributed by atoms with Gasteiger partial charge in [-0.3, -0.25) is 0 Å². The van der Waals surface area contributed by atoms with Crippen molar-refractivity contribution in [3.05, 3.63) is 0 Å². The quantitative estimate of drug-likeness (QED) is 0.516. The number of hydrogen-bond acceptors (Lipinski definition) is 6. The van der Waals surface area contributed by atoms with Crippen LogP contribution in [-0.2, 0) is 28.5 Å². The summed E-state index contributed by atoms with van der Waals surface area (Å²) in [7, 11) is 0. The van der Waals surface area contributed by atoms with Crippen molar-refractivity contribution < 1.29 is 28.5 Å². The van der Waals surface area contributed by atoms with Crippen molar-refractivity contribution >= 4 is 11.9 Å². The van der Waals surface area contributed by atoms with E-state index in [2.05, 4.69) is 0 Å². The number of carbonyl (C=O) groups is 2. The van der Waals surface area contributed by atoms with Crippen LogP contribution in [0.4, 0.5) is 0 Å². The second-order valence-corrected chi connectivity index (χ2v) is 3.83. The summed E-state index contributed by atoms with van der Waals surface area (Å²) in [4.78, 5) is 23.3. The Kier molecular flexibility index (Phi) is 6.67. The topological polar surface area (TPSA) is 71.1 Å². The van der Waals surface area contributed by atoms with Gasteiger partial charge < -0.3 is 18.9 Å². The van der Waals surface area contributed by atoms with Crippen LogP contribution in [0.3, 0.4) is 0 Å². The van der Waals surface area contributed by atoms with Gasteiger partial charge in [0.05, 0.1) is 19.3 Å². The Bertz CT molecular complexity index is 254. The van der Waals surface area contributed by atoms with Crippen LogP contribution >= 0.6 is 0 Å². The molecule has 18 heavy (non-hydrogen) atoms. The first-order valence-corrected chi connectivity index (χ1v) is 6.25. The van der Waals surface area contributed by atoms with E-state index in [4.69, 9.17) is 18.9 Å². The fourth-order valence-electron chi connectivity index (χ4n) is 1.65. The molecule has 0 amide bonds. The summed E-state index contributed by atoms with van der Waals surface area (Å²) in [5.41, 5.74) is 0. The molecule has 0 bridgehead atoms. The average Bonchev–Trinajstić information content (AvgIpc) is 2.37. The van der Waals surface area contributed by atoms with Gasteiger partial charge in [-0.05, 0) is 26.7 Å². The summed E-state index contributed by atoms with van der Waals surface area (Å²) in [6.07, 6.45) is -0.129. The standard InChI is InChI=1S/C12H20O6/c1-3-16-11(13)10(12(14)17-4-2)18-9-5-7-15-8-6-9/h9-10H,3-8H2,1-2H3. The van der Waals surface area contributed by atoms with E-state index < -0.39 is 18.0 Å².